The molecule has 0 aromatic heterocycles. The molecule has 0 aliphatic heterocycles. The standard InChI is InChI=1S/C14H21NO3S2/c1-3-9-19-10-8-15-11-14(16)12-4-6-13(7-5-12)20(2,17)18/h3-7,14-16H,1,8-11H2,2H3. The average molecular weight is 315 g/mol. The zero-order valence-corrected chi connectivity index (χ0v) is 13.2. The SMILES string of the molecule is C=CCSCCNCC(O)c1ccc(S(C)(=O)=O)cc1. The Morgan fingerprint density at radius 1 is 1.40 bits per heavy atom. The van der Waals surface area contributed by atoms with Crippen molar-refractivity contribution in [1.29, 1.82) is 0 Å². The fourth-order valence-corrected chi connectivity index (χ4v) is 2.86. The van der Waals surface area contributed by atoms with Crippen LogP contribution in [-0.4, -0.2) is 44.4 Å². The van der Waals surface area contributed by atoms with Crippen LogP contribution in [0.1, 0.15) is 11.7 Å². The van der Waals surface area contributed by atoms with E-state index in [4.69, 9.17) is 0 Å². The van der Waals surface area contributed by atoms with Gasteiger partial charge in [-0.2, -0.15) is 11.8 Å². The maximum absolute atomic E-state index is 11.3. The van der Waals surface area contributed by atoms with E-state index in [1.807, 2.05) is 6.08 Å². The van der Waals surface area contributed by atoms with Crippen LogP contribution < -0.4 is 5.32 Å². The maximum Gasteiger partial charge on any atom is 0.175 e. The van der Waals surface area contributed by atoms with Gasteiger partial charge in [0, 0.05) is 30.9 Å². The summed E-state index contributed by atoms with van der Waals surface area (Å²) in [4.78, 5) is 0.266. The van der Waals surface area contributed by atoms with Crippen LogP contribution in [0.3, 0.4) is 0 Å². The van der Waals surface area contributed by atoms with E-state index in [0.717, 1.165) is 18.1 Å². The zero-order chi connectivity index (χ0) is 15.0. The molecule has 4 nitrogen and oxygen atoms in total. The second kappa shape index (κ2) is 8.46. The van der Waals surface area contributed by atoms with E-state index in [1.54, 1.807) is 23.9 Å². The summed E-state index contributed by atoms with van der Waals surface area (Å²) in [5, 5.41) is 13.1. The molecule has 0 bridgehead atoms. The number of rotatable bonds is 9. The lowest BCUT2D eigenvalue weighted by Gasteiger charge is -2.12. The number of benzene rings is 1. The second-order valence-electron chi connectivity index (χ2n) is 4.42. The van der Waals surface area contributed by atoms with E-state index in [-0.39, 0.29) is 4.90 Å². The molecule has 1 rings (SSSR count). The zero-order valence-electron chi connectivity index (χ0n) is 11.6. The normalized spacial score (nSPS) is 13.1. The molecule has 0 heterocycles. The van der Waals surface area contributed by atoms with Crippen LogP contribution in [0.15, 0.2) is 41.8 Å². The van der Waals surface area contributed by atoms with E-state index in [0.29, 0.717) is 12.1 Å². The lowest BCUT2D eigenvalue weighted by molar-refractivity contribution is 0.175. The summed E-state index contributed by atoms with van der Waals surface area (Å²) < 4.78 is 22.7. The van der Waals surface area contributed by atoms with Crippen LogP contribution in [0.4, 0.5) is 0 Å². The van der Waals surface area contributed by atoms with Crippen molar-refractivity contribution in [2.75, 3.05) is 30.9 Å². The predicted molar refractivity (Wildman–Crippen MR) is 84.9 cm³/mol. The molecule has 0 aliphatic rings. The fourth-order valence-electron chi connectivity index (χ4n) is 1.60. The van der Waals surface area contributed by atoms with E-state index in [9.17, 15) is 13.5 Å². The van der Waals surface area contributed by atoms with Crippen molar-refractivity contribution in [3.63, 3.8) is 0 Å². The van der Waals surface area contributed by atoms with E-state index < -0.39 is 15.9 Å². The van der Waals surface area contributed by atoms with Gasteiger partial charge >= 0.3 is 0 Å². The smallest absolute Gasteiger partial charge is 0.175 e. The minimum Gasteiger partial charge on any atom is -0.387 e. The first-order chi connectivity index (χ1) is 9.45. The lowest BCUT2D eigenvalue weighted by Crippen LogP contribution is -2.23. The molecule has 2 N–H and O–H groups in total. The highest BCUT2D eigenvalue weighted by atomic mass is 32.2. The number of thioether (sulfide) groups is 1. The monoisotopic (exact) mass is 315 g/mol. The fraction of sp³-hybridized carbons (Fsp3) is 0.429. The number of hydrogen-bond donors (Lipinski definition) is 2. The van der Waals surface area contributed by atoms with Crippen molar-refractivity contribution >= 4 is 21.6 Å². The molecule has 0 saturated carbocycles. The number of nitrogens with one attached hydrogen (secondary N) is 1. The minimum atomic E-state index is -3.18. The van der Waals surface area contributed by atoms with Crippen LogP contribution >= 0.6 is 11.8 Å². The predicted octanol–water partition coefficient (Wildman–Crippen LogP) is 1.63. The van der Waals surface area contributed by atoms with Crippen molar-refractivity contribution in [2.45, 2.75) is 11.0 Å². The second-order valence-corrected chi connectivity index (χ2v) is 7.59. The third-order valence-electron chi connectivity index (χ3n) is 2.69. The summed E-state index contributed by atoms with van der Waals surface area (Å²) in [5.41, 5.74) is 0.712. The lowest BCUT2D eigenvalue weighted by atomic mass is 10.1. The molecule has 1 aromatic rings. The molecule has 1 aromatic carbocycles. The molecule has 0 aliphatic carbocycles. The summed E-state index contributed by atoms with van der Waals surface area (Å²) >= 11 is 1.78. The third kappa shape index (κ3) is 6.09. The van der Waals surface area contributed by atoms with Crippen LogP contribution in [-0.2, 0) is 9.84 Å². The van der Waals surface area contributed by atoms with Gasteiger partial charge in [-0.3, -0.25) is 0 Å². The van der Waals surface area contributed by atoms with E-state index >= 15 is 0 Å². The summed E-state index contributed by atoms with van der Waals surface area (Å²) in [5.74, 6) is 1.89. The van der Waals surface area contributed by atoms with Crippen LogP contribution in [0, 0.1) is 0 Å². The number of aliphatic hydroxyl groups excluding tert-OH is 1. The molecule has 0 radical (unpaired) electrons. The van der Waals surface area contributed by atoms with Gasteiger partial charge in [-0.25, -0.2) is 8.42 Å². The first-order valence-corrected chi connectivity index (χ1v) is 9.37. The summed E-state index contributed by atoms with van der Waals surface area (Å²) in [6, 6.07) is 6.34. The minimum absolute atomic E-state index is 0.266. The van der Waals surface area contributed by atoms with Gasteiger partial charge in [0.2, 0.25) is 0 Å². The Bertz CT molecular complexity index is 512. The van der Waals surface area contributed by atoms with Crippen molar-refractivity contribution in [2.24, 2.45) is 0 Å². The maximum atomic E-state index is 11.3. The molecule has 6 heteroatoms. The van der Waals surface area contributed by atoms with Crippen LogP contribution in [0.5, 0.6) is 0 Å². The molecule has 1 unspecified atom stereocenters. The van der Waals surface area contributed by atoms with Gasteiger partial charge in [0.15, 0.2) is 9.84 Å². The molecule has 0 amide bonds. The van der Waals surface area contributed by atoms with Crippen molar-refractivity contribution in [3.05, 3.63) is 42.5 Å². The van der Waals surface area contributed by atoms with Gasteiger partial charge in [0.05, 0.1) is 11.0 Å². The van der Waals surface area contributed by atoms with Crippen molar-refractivity contribution in [1.82, 2.24) is 5.32 Å². The number of aliphatic hydroxyl groups is 1. The third-order valence-corrected chi connectivity index (χ3v) is 4.78. The Balaban J connectivity index is 2.40. The Morgan fingerprint density at radius 2 is 2.05 bits per heavy atom. The average Bonchev–Trinajstić information content (AvgIpc) is 2.41. The summed E-state index contributed by atoms with van der Waals surface area (Å²) in [6.07, 6.45) is 2.40. The molecule has 20 heavy (non-hydrogen) atoms. The molecular formula is C14H21NO3S2. The Hall–Kier alpha value is -0.820. The summed E-state index contributed by atoms with van der Waals surface area (Å²) in [6.45, 7) is 4.91. The van der Waals surface area contributed by atoms with Gasteiger partial charge in [0.1, 0.15) is 0 Å². The van der Waals surface area contributed by atoms with E-state index in [1.165, 1.54) is 18.4 Å². The molecule has 112 valence electrons. The van der Waals surface area contributed by atoms with Crippen LogP contribution in [0.25, 0.3) is 0 Å². The largest absolute Gasteiger partial charge is 0.387 e. The van der Waals surface area contributed by atoms with Gasteiger partial charge < -0.3 is 10.4 Å². The first-order valence-electron chi connectivity index (χ1n) is 6.32. The molecule has 1 atom stereocenters. The van der Waals surface area contributed by atoms with Crippen molar-refractivity contribution in [3.8, 4) is 0 Å². The Morgan fingerprint density at radius 3 is 2.60 bits per heavy atom. The quantitative estimate of drug-likeness (QED) is 0.535. The van der Waals surface area contributed by atoms with Crippen LogP contribution in [0.2, 0.25) is 0 Å². The molecule has 0 fully saturated rings. The highest BCUT2D eigenvalue weighted by Crippen LogP contribution is 2.15. The molecule has 0 spiro atoms. The molecular weight excluding hydrogens is 294 g/mol. The first kappa shape index (κ1) is 17.2. The topological polar surface area (TPSA) is 66.4 Å². The van der Waals surface area contributed by atoms with Gasteiger partial charge in [-0.15, -0.1) is 6.58 Å². The highest BCUT2D eigenvalue weighted by Gasteiger charge is 2.10. The number of hydrogen-bond acceptors (Lipinski definition) is 5. The number of sulfone groups is 1. The van der Waals surface area contributed by atoms with Crippen molar-refractivity contribution < 1.29 is 13.5 Å². The van der Waals surface area contributed by atoms with Gasteiger partial charge in [0.25, 0.3) is 0 Å². The highest BCUT2D eigenvalue weighted by molar-refractivity contribution is 7.99. The summed E-state index contributed by atoms with van der Waals surface area (Å²) in [7, 11) is -3.18. The van der Waals surface area contributed by atoms with E-state index in [2.05, 4.69) is 11.9 Å². The Kier molecular flexibility index (Phi) is 7.29. The van der Waals surface area contributed by atoms with Gasteiger partial charge in [-0.05, 0) is 17.7 Å². The van der Waals surface area contributed by atoms with Gasteiger partial charge in [-0.1, -0.05) is 18.2 Å². The Labute approximate surface area is 125 Å². The molecule has 0 saturated heterocycles.